The molecular weight excluding hydrogens is 276 g/mol. The number of hydrogen-bond acceptors (Lipinski definition) is 5. The van der Waals surface area contributed by atoms with Crippen LogP contribution in [-0.2, 0) is 9.53 Å². The van der Waals surface area contributed by atoms with Crippen molar-refractivity contribution in [1.82, 2.24) is 9.88 Å². The number of nitrogens with one attached hydrogen (secondary N) is 1. The van der Waals surface area contributed by atoms with Gasteiger partial charge >= 0.3 is 0 Å². The van der Waals surface area contributed by atoms with E-state index in [0.717, 1.165) is 5.69 Å². The number of rotatable bonds is 5. The Balaban J connectivity index is 1.79. The minimum Gasteiger partial charge on any atom is -0.388 e. The summed E-state index contributed by atoms with van der Waals surface area (Å²) in [5, 5.41) is 3.18. The molecule has 108 valence electrons. The van der Waals surface area contributed by atoms with Crippen molar-refractivity contribution in [2.75, 3.05) is 38.2 Å². The van der Waals surface area contributed by atoms with Gasteiger partial charge in [-0.25, -0.2) is 0 Å². The molecular formula is C13H18N4O2S. The van der Waals surface area contributed by atoms with Crippen molar-refractivity contribution in [3.63, 3.8) is 0 Å². The molecule has 1 aliphatic heterocycles. The number of morpholine rings is 1. The Hall–Kier alpha value is -1.73. The van der Waals surface area contributed by atoms with Gasteiger partial charge in [-0.2, -0.15) is 0 Å². The normalized spacial score (nSPS) is 14.9. The van der Waals surface area contributed by atoms with Crippen LogP contribution in [0.3, 0.4) is 0 Å². The molecule has 0 bridgehead atoms. The average molecular weight is 294 g/mol. The highest BCUT2D eigenvalue weighted by Gasteiger charge is 2.15. The average Bonchev–Trinajstić information content (AvgIpc) is 2.48. The van der Waals surface area contributed by atoms with Crippen molar-refractivity contribution in [1.29, 1.82) is 0 Å². The first kappa shape index (κ1) is 14.7. The van der Waals surface area contributed by atoms with Gasteiger partial charge in [0, 0.05) is 37.9 Å². The lowest BCUT2D eigenvalue weighted by Crippen LogP contribution is -2.41. The first-order chi connectivity index (χ1) is 9.66. The topological polar surface area (TPSA) is 80.5 Å². The van der Waals surface area contributed by atoms with Crippen molar-refractivity contribution in [2.24, 2.45) is 5.73 Å². The van der Waals surface area contributed by atoms with Gasteiger partial charge in [-0.1, -0.05) is 12.2 Å². The molecule has 3 N–H and O–H groups in total. The van der Waals surface area contributed by atoms with Crippen molar-refractivity contribution in [2.45, 2.75) is 6.42 Å². The maximum atomic E-state index is 11.9. The molecule has 0 saturated carbocycles. The van der Waals surface area contributed by atoms with Crippen LogP contribution in [0.4, 0.5) is 5.69 Å². The number of carbonyl (C=O) groups is 1. The maximum Gasteiger partial charge on any atom is 0.224 e. The van der Waals surface area contributed by atoms with E-state index in [0.29, 0.717) is 45.0 Å². The van der Waals surface area contributed by atoms with E-state index >= 15 is 0 Å². The number of nitrogens with zero attached hydrogens (tertiary/aromatic N) is 2. The van der Waals surface area contributed by atoms with E-state index in [1.807, 2.05) is 11.0 Å². The molecule has 6 nitrogen and oxygen atoms in total. The summed E-state index contributed by atoms with van der Waals surface area (Å²) < 4.78 is 5.22. The molecule has 1 aromatic rings. The number of aromatic nitrogens is 1. The summed E-state index contributed by atoms with van der Waals surface area (Å²) >= 11 is 4.88. The third kappa shape index (κ3) is 4.14. The maximum absolute atomic E-state index is 11.9. The van der Waals surface area contributed by atoms with E-state index in [9.17, 15) is 4.79 Å². The predicted molar refractivity (Wildman–Crippen MR) is 80.6 cm³/mol. The number of hydrogen-bond donors (Lipinski definition) is 2. The summed E-state index contributed by atoms with van der Waals surface area (Å²) in [6.07, 6.45) is 2.09. The number of anilines is 1. The third-order valence-electron chi connectivity index (χ3n) is 3.04. The van der Waals surface area contributed by atoms with Gasteiger partial charge < -0.3 is 20.7 Å². The number of ether oxygens (including phenoxy) is 1. The van der Waals surface area contributed by atoms with Crippen molar-refractivity contribution >= 4 is 28.8 Å². The zero-order valence-electron chi connectivity index (χ0n) is 11.2. The second-order valence-electron chi connectivity index (χ2n) is 4.46. The quantitative estimate of drug-likeness (QED) is 0.764. The molecule has 1 fully saturated rings. The zero-order valence-corrected chi connectivity index (χ0v) is 12.0. The summed E-state index contributed by atoms with van der Waals surface area (Å²) in [6.45, 7) is 3.18. The van der Waals surface area contributed by atoms with E-state index in [1.54, 1.807) is 12.3 Å². The lowest BCUT2D eigenvalue weighted by Gasteiger charge is -2.26. The lowest BCUT2D eigenvalue weighted by molar-refractivity contribution is -0.134. The van der Waals surface area contributed by atoms with Crippen LogP contribution in [0.5, 0.6) is 0 Å². The number of nitrogens with two attached hydrogens (primary N) is 1. The number of thiocarbonyl (C=S) groups is 1. The Bertz CT molecular complexity index is 489. The van der Waals surface area contributed by atoms with Crippen molar-refractivity contribution in [3.8, 4) is 0 Å². The molecule has 0 spiro atoms. The molecule has 1 aromatic heterocycles. The summed E-state index contributed by atoms with van der Waals surface area (Å²) in [4.78, 5) is 18.1. The minimum atomic E-state index is 0.143. The Kier molecular flexibility index (Phi) is 5.25. The van der Waals surface area contributed by atoms with Crippen LogP contribution in [0.2, 0.25) is 0 Å². The molecule has 0 unspecified atom stereocenters. The molecule has 2 rings (SSSR count). The minimum absolute atomic E-state index is 0.143. The first-order valence-electron chi connectivity index (χ1n) is 6.52. The second-order valence-corrected chi connectivity index (χ2v) is 4.90. The van der Waals surface area contributed by atoms with Gasteiger partial charge in [-0.3, -0.25) is 9.78 Å². The molecule has 2 heterocycles. The fourth-order valence-corrected chi connectivity index (χ4v) is 2.07. The Morgan fingerprint density at radius 3 is 2.95 bits per heavy atom. The van der Waals surface area contributed by atoms with E-state index in [-0.39, 0.29) is 10.9 Å². The smallest absolute Gasteiger partial charge is 0.224 e. The summed E-state index contributed by atoms with van der Waals surface area (Å²) in [6, 6.07) is 3.60. The van der Waals surface area contributed by atoms with E-state index in [2.05, 4.69) is 10.3 Å². The van der Waals surface area contributed by atoms with Gasteiger partial charge in [0.1, 0.15) is 4.99 Å². The highest BCUT2D eigenvalue weighted by atomic mass is 32.1. The fraction of sp³-hybridized carbons (Fsp3) is 0.462. The van der Waals surface area contributed by atoms with Crippen molar-refractivity contribution < 1.29 is 9.53 Å². The number of amides is 1. The SMILES string of the molecule is NC(=S)c1cc(NCCC(=O)N2CCOCC2)ccn1. The van der Waals surface area contributed by atoms with Crippen LogP contribution in [0.1, 0.15) is 12.1 Å². The van der Waals surface area contributed by atoms with Crippen LogP contribution in [0.15, 0.2) is 18.3 Å². The molecule has 0 aliphatic carbocycles. The van der Waals surface area contributed by atoms with Gasteiger partial charge in [0.05, 0.1) is 18.9 Å². The molecule has 1 amide bonds. The van der Waals surface area contributed by atoms with Crippen molar-refractivity contribution in [3.05, 3.63) is 24.0 Å². The van der Waals surface area contributed by atoms with E-state index in [1.165, 1.54) is 0 Å². The highest BCUT2D eigenvalue weighted by Crippen LogP contribution is 2.08. The van der Waals surface area contributed by atoms with E-state index in [4.69, 9.17) is 22.7 Å². The van der Waals surface area contributed by atoms with E-state index < -0.39 is 0 Å². The van der Waals surface area contributed by atoms with Gasteiger partial charge in [0.25, 0.3) is 0 Å². The molecule has 20 heavy (non-hydrogen) atoms. The van der Waals surface area contributed by atoms with Crippen LogP contribution in [0, 0.1) is 0 Å². The van der Waals surface area contributed by atoms with Crippen LogP contribution >= 0.6 is 12.2 Å². The second kappa shape index (κ2) is 7.16. The molecule has 0 aromatic carbocycles. The lowest BCUT2D eigenvalue weighted by atomic mass is 10.3. The summed E-state index contributed by atoms with van der Waals surface area (Å²) in [7, 11) is 0. The predicted octanol–water partition coefficient (Wildman–Crippen LogP) is 0.377. The molecule has 1 aliphatic rings. The number of pyridine rings is 1. The van der Waals surface area contributed by atoms with Crippen LogP contribution in [-0.4, -0.2) is 53.6 Å². The van der Waals surface area contributed by atoms with Gasteiger partial charge in [-0.05, 0) is 12.1 Å². The number of carbonyl (C=O) groups excluding carboxylic acids is 1. The molecule has 1 saturated heterocycles. The Morgan fingerprint density at radius 2 is 2.25 bits per heavy atom. The Labute approximate surface area is 123 Å². The summed E-state index contributed by atoms with van der Waals surface area (Å²) in [5.74, 6) is 0.143. The van der Waals surface area contributed by atoms with Crippen LogP contribution < -0.4 is 11.1 Å². The Morgan fingerprint density at radius 1 is 1.50 bits per heavy atom. The molecule has 7 heteroatoms. The highest BCUT2D eigenvalue weighted by molar-refractivity contribution is 7.80. The largest absolute Gasteiger partial charge is 0.388 e. The van der Waals surface area contributed by atoms with Gasteiger partial charge in [0.15, 0.2) is 0 Å². The fourth-order valence-electron chi connectivity index (χ4n) is 1.96. The molecule has 0 atom stereocenters. The van der Waals surface area contributed by atoms with Gasteiger partial charge in [-0.15, -0.1) is 0 Å². The standard InChI is InChI=1S/C13H18N4O2S/c14-13(20)11-9-10(1-3-16-11)15-4-2-12(18)17-5-7-19-8-6-17/h1,3,9H,2,4-8H2,(H2,14,20)(H,15,16). The monoisotopic (exact) mass is 294 g/mol. The zero-order chi connectivity index (χ0) is 14.4. The first-order valence-corrected chi connectivity index (χ1v) is 6.93. The summed E-state index contributed by atoms with van der Waals surface area (Å²) in [5.41, 5.74) is 6.96. The van der Waals surface area contributed by atoms with Crippen LogP contribution in [0.25, 0.3) is 0 Å². The third-order valence-corrected chi connectivity index (χ3v) is 3.25. The molecule has 0 radical (unpaired) electrons. The van der Waals surface area contributed by atoms with Gasteiger partial charge in [0.2, 0.25) is 5.91 Å².